The lowest BCUT2D eigenvalue weighted by Crippen LogP contribution is -2.89. The van der Waals surface area contributed by atoms with Crippen molar-refractivity contribution >= 4 is 10.1 Å². The summed E-state index contributed by atoms with van der Waals surface area (Å²) >= 11 is 0. The smallest absolute Gasteiger partial charge is 0.124 e. The average Bonchev–Trinajstić information content (AvgIpc) is 2.54. The first-order valence-corrected chi connectivity index (χ1v) is 11.5. The van der Waals surface area contributed by atoms with E-state index in [9.17, 15) is 13.0 Å². The van der Waals surface area contributed by atoms with Gasteiger partial charge in [-0.2, -0.15) is 0 Å². The van der Waals surface area contributed by atoms with Gasteiger partial charge in [0.1, 0.15) is 16.2 Å². The Morgan fingerprint density at radius 1 is 0.885 bits per heavy atom. The van der Waals surface area contributed by atoms with Crippen LogP contribution in [0.2, 0.25) is 0 Å². The van der Waals surface area contributed by atoms with Gasteiger partial charge < -0.3 is 9.87 Å². The van der Waals surface area contributed by atoms with E-state index in [0.717, 1.165) is 25.2 Å². The first-order chi connectivity index (χ1) is 12.2. The zero-order chi connectivity index (χ0) is 19.6. The molecule has 0 saturated carbocycles. The Bertz CT molecular complexity index is 611. The summed E-state index contributed by atoms with van der Waals surface area (Å²) in [4.78, 5) is -0.0596. The molecule has 1 aromatic carbocycles. The number of rotatable bonds is 13. The molecule has 0 spiro atoms. The molecule has 0 bridgehead atoms. The van der Waals surface area contributed by atoms with E-state index in [1.165, 1.54) is 38.2 Å². The molecule has 1 rings (SSSR count). The van der Waals surface area contributed by atoms with Crippen molar-refractivity contribution in [1.29, 1.82) is 0 Å². The Morgan fingerprint density at radius 2 is 1.42 bits per heavy atom. The normalized spacial score (nSPS) is 13.5. The monoisotopic (exact) mass is 383 g/mol. The summed E-state index contributed by atoms with van der Waals surface area (Å²) in [6.45, 7) is 8.72. The molecule has 4 nitrogen and oxygen atoms in total. The first kappa shape index (κ1) is 23.1. The Kier molecular flexibility index (Phi) is 10.4. The largest absolute Gasteiger partial charge is 0.744 e. The number of hydrogen-bond donors (Lipinski definition) is 1. The molecule has 0 heterocycles. The maximum Gasteiger partial charge on any atom is 0.124 e. The molecule has 150 valence electrons. The molecule has 1 unspecified atom stereocenters. The molecule has 1 atom stereocenters. The zero-order valence-electron chi connectivity index (χ0n) is 16.9. The number of benzene rings is 1. The lowest BCUT2D eigenvalue weighted by atomic mass is 9.98. The summed E-state index contributed by atoms with van der Waals surface area (Å²) in [5, 5.41) is 2.17. The van der Waals surface area contributed by atoms with Crippen LogP contribution in [-0.2, 0) is 10.1 Å². The van der Waals surface area contributed by atoms with Gasteiger partial charge in [-0.05, 0) is 32.3 Å². The quantitative estimate of drug-likeness (QED) is 0.406. The van der Waals surface area contributed by atoms with Crippen molar-refractivity contribution in [2.45, 2.75) is 96.0 Å². The van der Waals surface area contributed by atoms with Gasteiger partial charge in [0, 0.05) is 12.0 Å². The minimum Gasteiger partial charge on any atom is -0.744 e. The van der Waals surface area contributed by atoms with Gasteiger partial charge in [0.05, 0.1) is 10.9 Å². The SMILES string of the molecule is CC(C)CCCCCCCCC([NH2+]C(C)C)c1ccccc1S(=O)(=O)[O-]. The van der Waals surface area contributed by atoms with E-state index in [2.05, 4.69) is 33.0 Å². The minimum atomic E-state index is -4.44. The summed E-state index contributed by atoms with van der Waals surface area (Å²) in [6, 6.07) is 7.04. The van der Waals surface area contributed by atoms with Crippen molar-refractivity contribution in [2.75, 3.05) is 0 Å². The van der Waals surface area contributed by atoms with E-state index < -0.39 is 10.1 Å². The third-order valence-corrected chi connectivity index (χ3v) is 5.66. The van der Waals surface area contributed by atoms with Gasteiger partial charge in [-0.3, -0.25) is 0 Å². The van der Waals surface area contributed by atoms with Crippen LogP contribution in [0.15, 0.2) is 29.2 Å². The van der Waals surface area contributed by atoms with Crippen LogP contribution in [0.1, 0.15) is 90.7 Å². The summed E-state index contributed by atoms with van der Waals surface area (Å²) in [5.41, 5.74) is 0.660. The highest BCUT2D eigenvalue weighted by molar-refractivity contribution is 7.85. The molecule has 5 heteroatoms. The number of quaternary nitrogens is 1. The second kappa shape index (κ2) is 11.7. The second-order valence-corrected chi connectivity index (χ2v) is 9.48. The predicted molar refractivity (Wildman–Crippen MR) is 106 cm³/mol. The van der Waals surface area contributed by atoms with Crippen molar-refractivity contribution in [3.63, 3.8) is 0 Å². The van der Waals surface area contributed by atoms with Crippen LogP contribution >= 0.6 is 0 Å². The molecule has 1 aromatic rings. The Morgan fingerprint density at radius 3 is 1.96 bits per heavy atom. The molecule has 0 aliphatic rings. The van der Waals surface area contributed by atoms with Crippen molar-refractivity contribution in [2.24, 2.45) is 5.92 Å². The van der Waals surface area contributed by atoms with E-state index >= 15 is 0 Å². The number of nitrogens with two attached hydrogens (primary N) is 1. The van der Waals surface area contributed by atoms with Crippen LogP contribution in [0, 0.1) is 5.92 Å². The van der Waals surface area contributed by atoms with Crippen LogP contribution in [0.4, 0.5) is 0 Å². The average molecular weight is 384 g/mol. The molecular weight excluding hydrogens is 346 g/mol. The first-order valence-electron chi connectivity index (χ1n) is 10.1. The lowest BCUT2D eigenvalue weighted by Gasteiger charge is -2.22. The lowest BCUT2D eigenvalue weighted by molar-refractivity contribution is -0.723. The maximum absolute atomic E-state index is 11.6. The third-order valence-electron chi connectivity index (χ3n) is 4.75. The van der Waals surface area contributed by atoms with Gasteiger partial charge in [0.2, 0.25) is 0 Å². The fourth-order valence-electron chi connectivity index (χ4n) is 3.46. The highest BCUT2D eigenvalue weighted by Gasteiger charge is 2.21. The molecule has 0 aliphatic heterocycles. The van der Waals surface area contributed by atoms with Crippen LogP contribution in [0.3, 0.4) is 0 Å². The molecular formula is C21H37NO3S. The fourth-order valence-corrected chi connectivity index (χ4v) is 4.21. The summed E-state index contributed by atoms with van der Waals surface area (Å²) in [5.74, 6) is 0.791. The topological polar surface area (TPSA) is 73.8 Å². The van der Waals surface area contributed by atoms with Gasteiger partial charge in [0.25, 0.3) is 0 Å². The fraction of sp³-hybridized carbons (Fsp3) is 0.714. The molecule has 26 heavy (non-hydrogen) atoms. The predicted octanol–water partition coefficient (Wildman–Crippen LogP) is 4.38. The molecule has 0 aromatic heterocycles. The summed E-state index contributed by atoms with van der Waals surface area (Å²) < 4.78 is 34.8. The Balaban J connectivity index is 2.56. The standard InChI is InChI=1S/C21H37NO3S/c1-17(2)13-9-7-5-6-8-10-15-20(22-18(3)4)19-14-11-12-16-21(19)26(23,24)25/h11-12,14,16-18,20,22H,5-10,13,15H2,1-4H3,(H,23,24,25). The van der Waals surface area contributed by atoms with E-state index in [-0.39, 0.29) is 10.9 Å². The van der Waals surface area contributed by atoms with Gasteiger partial charge in [-0.1, -0.05) is 70.6 Å². The van der Waals surface area contributed by atoms with Gasteiger partial charge >= 0.3 is 0 Å². The Hall–Kier alpha value is -0.910. The van der Waals surface area contributed by atoms with Crippen LogP contribution in [0.25, 0.3) is 0 Å². The van der Waals surface area contributed by atoms with Crippen LogP contribution < -0.4 is 5.32 Å². The molecule has 2 N–H and O–H groups in total. The van der Waals surface area contributed by atoms with E-state index in [0.29, 0.717) is 11.6 Å². The minimum absolute atomic E-state index is 0.0239. The maximum atomic E-state index is 11.6. The van der Waals surface area contributed by atoms with Crippen molar-refractivity contribution in [3.05, 3.63) is 29.8 Å². The highest BCUT2D eigenvalue weighted by Crippen LogP contribution is 2.24. The number of unbranched alkanes of at least 4 members (excludes halogenated alkanes) is 5. The molecule has 0 aliphatic carbocycles. The summed E-state index contributed by atoms with van der Waals surface area (Å²) in [7, 11) is -4.44. The second-order valence-electron chi connectivity index (χ2n) is 8.13. The Labute approximate surface area is 160 Å². The van der Waals surface area contributed by atoms with E-state index in [1.54, 1.807) is 12.1 Å². The van der Waals surface area contributed by atoms with Crippen LogP contribution in [-0.4, -0.2) is 19.0 Å². The van der Waals surface area contributed by atoms with Crippen LogP contribution in [0.5, 0.6) is 0 Å². The van der Waals surface area contributed by atoms with Gasteiger partial charge in [0.15, 0.2) is 0 Å². The van der Waals surface area contributed by atoms with E-state index in [1.807, 2.05) is 6.07 Å². The highest BCUT2D eigenvalue weighted by atomic mass is 32.2. The van der Waals surface area contributed by atoms with Gasteiger partial charge in [-0.25, -0.2) is 8.42 Å². The van der Waals surface area contributed by atoms with Crippen molar-refractivity contribution in [1.82, 2.24) is 0 Å². The molecule has 0 saturated heterocycles. The molecule has 0 radical (unpaired) electrons. The van der Waals surface area contributed by atoms with Crippen molar-refractivity contribution in [3.8, 4) is 0 Å². The zero-order valence-corrected chi connectivity index (χ0v) is 17.7. The van der Waals surface area contributed by atoms with Crippen molar-refractivity contribution < 1.29 is 18.3 Å². The third kappa shape index (κ3) is 9.15. The van der Waals surface area contributed by atoms with E-state index in [4.69, 9.17) is 0 Å². The number of hydrogen-bond acceptors (Lipinski definition) is 3. The molecule has 0 fully saturated rings. The molecule has 0 amide bonds. The van der Waals surface area contributed by atoms with Gasteiger partial charge in [-0.15, -0.1) is 0 Å². The summed E-state index contributed by atoms with van der Waals surface area (Å²) in [6.07, 6.45) is 9.56.